The van der Waals surface area contributed by atoms with E-state index in [1.165, 1.54) is 0 Å². The quantitative estimate of drug-likeness (QED) is 0.178. The summed E-state index contributed by atoms with van der Waals surface area (Å²) < 4.78 is 18.0. The number of para-hydroxylation sites is 4. The predicted molar refractivity (Wildman–Crippen MR) is 250 cm³/mol. The van der Waals surface area contributed by atoms with Gasteiger partial charge >= 0.3 is 0 Å². The maximum Gasteiger partial charge on any atom is 0.145 e. The number of nitriles is 2. The molecule has 0 amide bonds. The fourth-order valence-electron chi connectivity index (χ4n) is 9.95. The van der Waals surface area contributed by atoms with Crippen LogP contribution in [0.3, 0.4) is 0 Å². The van der Waals surface area contributed by atoms with E-state index in [9.17, 15) is 10.5 Å². The lowest BCUT2D eigenvalue weighted by Gasteiger charge is -2.18. The van der Waals surface area contributed by atoms with Gasteiger partial charge in [0, 0.05) is 49.1 Å². The second kappa shape index (κ2) is 12.8. The first kappa shape index (κ1) is 34.1. The molecule has 13 rings (SSSR count). The minimum atomic E-state index is 0.508. The van der Waals surface area contributed by atoms with Crippen molar-refractivity contribution in [3.8, 4) is 45.8 Å². The van der Waals surface area contributed by atoms with E-state index in [0.717, 1.165) is 121 Å². The highest BCUT2D eigenvalue weighted by Crippen LogP contribution is 2.45. The molecule has 286 valence electrons. The van der Waals surface area contributed by atoms with Crippen molar-refractivity contribution in [3.05, 3.63) is 193 Å². The molecule has 4 heterocycles. The number of benzene rings is 9. The van der Waals surface area contributed by atoms with Crippen LogP contribution in [0.4, 0.5) is 0 Å². The number of rotatable bonds is 4. The number of hydrogen-bond acceptors (Lipinski definition) is 4. The van der Waals surface area contributed by atoms with Crippen LogP contribution in [-0.2, 0) is 0 Å². The molecule has 6 nitrogen and oxygen atoms in total. The van der Waals surface area contributed by atoms with Crippen molar-refractivity contribution in [2.75, 3.05) is 0 Å². The van der Waals surface area contributed by atoms with E-state index >= 15 is 0 Å². The van der Waals surface area contributed by atoms with Gasteiger partial charge in [-0.1, -0.05) is 109 Å². The lowest BCUT2D eigenvalue weighted by Crippen LogP contribution is -2.02. The standard InChI is InChI=1S/C56H30N4O2/c57-31-34-11-1-2-12-37(34)33-21-23-38(35(29-33)32-58)39-24-22-36(59-46-17-7-3-15-44(46)53-48(59)27-25-42-40-13-5-9-19-51(40)61-55(42)53)30-50(39)60-47-18-8-4-16-45(47)54-49(60)28-26-43-41-14-6-10-20-52(41)62-56(43)54/h1-30H. The maximum atomic E-state index is 10.9. The SMILES string of the molecule is N#Cc1ccccc1-c1ccc(-c2ccc(-n3c4ccccc4c4c5oc6ccccc6c5ccc43)cc2-n2c3ccccc3c3c4oc5ccccc5c4ccc32)c(C#N)c1. The highest BCUT2D eigenvalue weighted by molar-refractivity contribution is 6.25. The van der Waals surface area contributed by atoms with Gasteiger partial charge < -0.3 is 18.0 Å². The number of aromatic nitrogens is 2. The summed E-state index contributed by atoms with van der Waals surface area (Å²) >= 11 is 0. The van der Waals surface area contributed by atoms with E-state index < -0.39 is 0 Å². The third kappa shape index (κ3) is 4.66. The number of hydrogen-bond donors (Lipinski definition) is 0. The summed E-state index contributed by atoms with van der Waals surface area (Å²) in [5, 5.41) is 29.4. The third-order valence-electron chi connectivity index (χ3n) is 12.6. The molecule has 62 heavy (non-hydrogen) atoms. The Kier molecular flexibility index (Phi) is 7.05. The molecule has 0 aliphatic heterocycles. The Labute approximate surface area is 353 Å². The van der Waals surface area contributed by atoms with Crippen LogP contribution in [0.25, 0.3) is 121 Å². The number of furan rings is 2. The molecule has 13 aromatic rings. The van der Waals surface area contributed by atoms with E-state index in [1.807, 2.05) is 66.7 Å². The van der Waals surface area contributed by atoms with Gasteiger partial charge in [-0.15, -0.1) is 0 Å². The molecule has 0 atom stereocenters. The molecule has 0 fully saturated rings. The summed E-state index contributed by atoms with van der Waals surface area (Å²) in [6.45, 7) is 0. The molecule has 0 saturated heterocycles. The predicted octanol–water partition coefficient (Wildman–Crippen LogP) is 14.8. The Hall–Kier alpha value is -8.84. The van der Waals surface area contributed by atoms with Crippen LogP contribution in [0.2, 0.25) is 0 Å². The van der Waals surface area contributed by atoms with Gasteiger partial charge in [-0.25, -0.2) is 0 Å². The van der Waals surface area contributed by atoms with E-state index in [1.54, 1.807) is 6.07 Å². The Morgan fingerprint density at radius 2 is 0.903 bits per heavy atom. The lowest BCUT2D eigenvalue weighted by atomic mass is 9.92. The zero-order chi connectivity index (χ0) is 41.1. The molecule has 4 aromatic heterocycles. The monoisotopic (exact) mass is 790 g/mol. The second-order valence-electron chi connectivity index (χ2n) is 15.8. The molecule has 0 radical (unpaired) electrons. The van der Waals surface area contributed by atoms with Crippen LogP contribution in [0.5, 0.6) is 0 Å². The molecule has 0 aliphatic rings. The topological polar surface area (TPSA) is 83.7 Å². The normalized spacial score (nSPS) is 11.8. The summed E-state index contributed by atoms with van der Waals surface area (Å²) in [7, 11) is 0. The van der Waals surface area contributed by atoms with Gasteiger partial charge in [0.2, 0.25) is 0 Å². The molecule has 0 unspecified atom stereocenters. The van der Waals surface area contributed by atoms with E-state index in [2.05, 4.69) is 130 Å². The summed E-state index contributed by atoms with van der Waals surface area (Å²) in [6, 6.07) is 67.0. The minimum Gasteiger partial charge on any atom is -0.455 e. The van der Waals surface area contributed by atoms with Crippen LogP contribution < -0.4 is 0 Å². The zero-order valence-electron chi connectivity index (χ0n) is 32.9. The lowest BCUT2D eigenvalue weighted by molar-refractivity contribution is 0.672. The minimum absolute atomic E-state index is 0.508. The van der Waals surface area contributed by atoms with E-state index in [-0.39, 0.29) is 0 Å². The highest BCUT2D eigenvalue weighted by Gasteiger charge is 2.24. The fourth-order valence-corrected chi connectivity index (χ4v) is 9.95. The Bertz CT molecular complexity index is 4140. The van der Waals surface area contributed by atoms with Gasteiger partial charge in [0.05, 0.1) is 61.8 Å². The maximum absolute atomic E-state index is 10.9. The number of nitrogens with zero attached hydrogens (tertiary/aromatic N) is 4. The molecular formula is C56H30N4O2. The third-order valence-corrected chi connectivity index (χ3v) is 12.6. The molecule has 6 heteroatoms. The summed E-state index contributed by atoms with van der Waals surface area (Å²) in [4.78, 5) is 0. The van der Waals surface area contributed by atoms with Crippen LogP contribution >= 0.6 is 0 Å². The summed E-state index contributed by atoms with van der Waals surface area (Å²) in [5.74, 6) is 0. The Morgan fingerprint density at radius 3 is 1.55 bits per heavy atom. The van der Waals surface area contributed by atoms with Gasteiger partial charge in [-0.2, -0.15) is 10.5 Å². The van der Waals surface area contributed by atoms with Crippen molar-refractivity contribution in [1.29, 1.82) is 10.5 Å². The first-order valence-electron chi connectivity index (χ1n) is 20.5. The zero-order valence-corrected chi connectivity index (χ0v) is 32.9. The molecule has 0 saturated carbocycles. The van der Waals surface area contributed by atoms with Crippen molar-refractivity contribution in [2.24, 2.45) is 0 Å². The van der Waals surface area contributed by atoms with E-state index in [0.29, 0.717) is 11.1 Å². The smallest absolute Gasteiger partial charge is 0.145 e. The average Bonchev–Trinajstić information content (AvgIpc) is 4.09. The Balaban J connectivity index is 1.14. The van der Waals surface area contributed by atoms with E-state index in [4.69, 9.17) is 8.83 Å². The first-order valence-corrected chi connectivity index (χ1v) is 20.5. The van der Waals surface area contributed by atoms with Gasteiger partial charge in [0.15, 0.2) is 0 Å². The van der Waals surface area contributed by atoms with Crippen LogP contribution in [0.15, 0.2) is 191 Å². The van der Waals surface area contributed by atoms with Crippen molar-refractivity contribution < 1.29 is 8.83 Å². The second-order valence-corrected chi connectivity index (χ2v) is 15.8. The van der Waals surface area contributed by atoms with Crippen molar-refractivity contribution in [2.45, 2.75) is 0 Å². The molecule has 9 aromatic carbocycles. The number of fused-ring (bicyclic) bond motifs is 14. The Morgan fingerprint density at radius 1 is 0.371 bits per heavy atom. The van der Waals surface area contributed by atoms with Crippen molar-refractivity contribution >= 4 is 87.5 Å². The van der Waals surface area contributed by atoms with Crippen molar-refractivity contribution in [3.63, 3.8) is 0 Å². The molecular weight excluding hydrogens is 761 g/mol. The van der Waals surface area contributed by atoms with Crippen LogP contribution in [0.1, 0.15) is 11.1 Å². The molecule has 0 aliphatic carbocycles. The molecule has 0 N–H and O–H groups in total. The fraction of sp³-hybridized carbons (Fsp3) is 0. The molecule has 0 bridgehead atoms. The van der Waals surface area contributed by atoms with Gasteiger partial charge in [-0.3, -0.25) is 0 Å². The van der Waals surface area contributed by atoms with Crippen LogP contribution in [0, 0.1) is 22.7 Å². The van der Waals surface area contributed by atoms with Gasteiger partial charge in [0.1, 0.15) is 22.3 Å². The first-order chi connectivity index (χ1) is 30.7. The average molecular weight is 791 g/mol. The summed E-state index contributed by atoms with van der Waals surface area (Å²) in [5.41, 5.74) is 13.7. The summed E-state index contributed by atoms with van der Waals surface area (Å²) in [6.07, 6.45) is 0. The van der Waals surface area contributed by atoms with Gasteiger partial charge in [-0.05, 0) is 83.9 Å². The van der Waals surface area contributed by atoms with Crippen molar-refractivity contribution in [1.82, 2.24) is 9.13 Å². The van der Waals surface area contributed by atoms with Crippen LogP contribution in [-0.4, -0.2) is 9.13 Å². The largest absolute Gasteiger partial charge is 0.455 e. The van der Waals surface area contributed by atoms with Gasteiger partial charge in [0.25, 0.3) is 0 Å². The molecule has 0 spiro atoms. The highest BCUT2D eigenvalue weighted by atomic mass is 16.3.